The lowest BCUT2D eigenvalue weighted by Crippen LogP contribution is -2.47. The van der Waals surface area contributed by atoms with Crippen LogP contribution in [0.25, 0.3) is 11.3 Å². The second-order valence-electron chi connectivity index (χ2n) is 13.7. The summed E-state index contributed by atoms with van der Waals surface area (Å²) < 4.78 is 38.2. The van der Waals surface area contributed by atoms with E-state index in [0.29, 0.717) is 62.6 Å². The van der Waals surface area contributed by atoms with E-state index in [1.165, 1.54) is 8.87 Å². The summed E-state index contributed by atoms with van der Waals surface area (Å²) in [6, 6.07) is 24.5. The molecule has 2 amide bonds. The number of hydrogen-bond donors (Lipinski definition) is 1. The van der Waals surface area contributed by atoms with Gasteiger partial charge in [0, 0.05) is 57.9 Å². The molecule has 3 saturated heterocycles. The van der Waals surface area contributed by atoms with E-state index in [2.05, 4.69) is 5.32 Å². The van der Waals surface area contributed by atoms with E-state index in [0.717, 1.165) is 37.9 Å². The first kappa shape index (κ1) is 35.7. The number of carbonyl (C=O) groups excluding carboxylic acids is 2. The van der Waals surface area contributed by atoms with Gasteiger partial charge in [-0.1, -0.05) is 60.7 Å². The van der Waals surface area contributed by atoms with Gasteiger partial charge in [-0.2, -0.15) is 4.31 Å². The first-order valence-corrected chi connectivity index (χ1v) is 19.7. The van der Waals surface area contributed by atoms with E-state index < -0.39 is 16.1 Å². The second kappa shape index (κ2) is 15.9. The second-order valence-corrected chi connectivity index (χ2v) is 15.6. The SMILES string of the molecule is O=C(COc1cccc(Cn2c(C(=O)N3CCNCC3)c(-c3ccccc3)n(C3CCCN(S(=O)(=O)c4ccccc4)C3)c2=O)c1)N1CCCCC1. The van der Waals surface area contributed by atoms with Crippen molar-refractivity contribution in [3.05, 3.63) is 107 Å². The molecular weight excluding hydrogens is 681 g/mol. The summed E-state index contributed by atoms with van der Waals surface area (Å²) in [4.78, 5) is 46.1. The summed E-state index contributed by atoms with van der Waals surface area (Å²) in [5, 5.41) is 3.30. The van der Waals surface area contributed by atoms with Gasteiger partial charge in [-0.15, -0.1) is 0 Å². The molecule has 1 N–H and O–H groups in total. The molecule has 1 atom stereocenters. The van der Waals surface area contributed by atoms with Gasteiger partial charge < -0.3 is 19.9 Å². The lowest BCUT2D eigenvalue weighted by Gasteiger charge is -2.33. The number of sulfonamides is 1. The molecule has 3 aliphatic heterocycles. The zero-order valence-corrected chi connectivity index (χ0v) is 30.2. The van der Waals surface area contributed by atoms with Crippen LogP contribution < -0.4 is 15.7 Å². The predicted octanol–water partition coefficient (Wildman–Crippen LogP) is 3.83. The topological polar surface area (TPSA) is 126 Å². The number of hydrogen-bond acceptors (Lipinski definition) is 7. The van der Waals surface area contributed by atoms with Crippen molar-refractivity contribution in [1.82, 2.24) is 28.6 Å². The highest BCUT2D eigenvalue weighted by Crippen LogP contribution is 2.33. The Labute approximate surface area is 304 Å². The Morgan fingerprint density at radius 1 is 0.788 bits per heavy atom. The van der Waals surface area contributed by atoms with Crippen LogP contribution in [0.5, 0.6) is 5.75 Å². The highest BCUT2D eigenvalue weighted by atomic mass is 32.2. The number of imidazole rings is 1. The molecule has 0 bridgehead atoms. The van der Waals surface area contributed by atoms with E-state index in [4.69, 9.17) is 4.74 Å². The monoisotopic (exact) mass is 726 g/mol. The largest absolute Gasteiger partial charge is 0.484 e. The minimum Gasteiger partial charge on any atom is -0.484 e. The van der Waals surface area contributed by atoms with Crippen LogP contribution in [0.4, 0.5) is 0 Å². The third-order valence-electron chi connectivity index (χ3n) is 10.2. The number of likely N-dealkylation sites (tertiary alicyclic amines) is 1. The molecule has 4 aromatic rings. The van der Waals surface area contributed by atoms with Gasteiger partial charge in [0.25, 0.3) is 11.8 Å². The molecular formula is C39H46N6O6S. The average Bonchev–Trinajstić information content (AvgIpc) is 3.49. The van der Waals surface area contributed by atoms with Crippen LogP contribution >= 0.6 is 0 Å². The molecule has 3 fully saturated rings. The van der Waals surface area contributed by atoms with Crippen LogP contribution in [0, 0.1) is 0 Å². The molecule has 12 nitrogen and oxygen atoms in total. The smallest absolute Gasteiger partial charge is 0.329 e. The summed E-state index contributed by atoms with van der Waals surface area (Å²) in [6.45, 7) is 4.19. The van der Waals surface area contributed by atoms with Crippen LogP contribution in [0.15, 0.2) is 94.6 Å². The summed E-state index contributed by atoms with van der Waals surface area (Å²) in [5.41, 5.74) is 1.81. The minimum absolute atomic E-state index is 0.0504. The zero-order valence-electron chi connectivity index (χ0n) is 29.4. The van der Waals surface area contributed by atoms with Crippen molar-refractivity contribution in [1.29, 1.82) is 0 Å². The molecule has 0 aliphatic carbocycles. The van der Waals surface area contributed by atoms with Gasteiger partial charge in [-0.25, -0.2) is 13.2 Å². The molecule has 7 rings (SSSR count). The third-order valence-corrected chi connectivity index (χ3v) is 12.1. The summed E-state index contributed by atoms with van der Waals surface area (Å²) in [5.74, 6) is 0.202. The molecule has 52 heavy (non-hydrogen) atoms. The quantitative estimate of drug-likeness (QED) is 0.264. The third kappa shape index (κ3) is 7.57. The number of piperazine rings is 1. The Morgan fingerprint density at radius 3 is 2.23 bits per heavy atom. The van der Waals surface area contributed by atoms with Crippen molar-refractivity contribution in [3.8, 4) is 17.0 Å². The Bertz CT molecular complexity index is 2040. The van der Waals surface area contributed by atoms with Gasteiger partial charge in [0.2, 0.25) is 10.0 Å². The Balaban J connectivity index is 1.28. The van der Waals surface area contributed by atoms with Crippen LogP contribution in [0.2, 0.25) is 0 Å². The number of carbonyl (C=O) groups is 2. The molecule has 0 saturated carbocycles. The first-order chi connectivity index (χ1) is 25.3. The number of benzene rings is 3. The molecule has 3 aromatic carbocycles. The van der Waals surface area contributed by atoms with Gasteiger partial charge in [-0.05, 0) is 61.9 Å². The molecule has 4 heterocycles. The van der Waals surface area contributed by atoms with E-state index in [1.54, 1.807) is 45.9 Å². The number of rotatable bonds is 10. The van der Waals surface area contributed by atoms with Gasteiger partial charge in [0.1, 0.15) is 11.4 Å². The lowest BCUT2D eigenvalue weighted by molar-refractivity contribution is -0.134. The summed E-state index contributed by atoms with van der Waals surface area (Å²) in [7, 11) is -3.81. The van der Waals surface area contributed by atoms with Gasteiger partial charge >= 0.3 is 5.69 Å². The van der Waals surface area contributed by atoms with Crippen molar-refractivity contribution in [3.63, 3.8) is 0 Å². The van der Waals surface area contributed by atoms with Crippen LogP contribution in [-0.2, 0) is 21.4 Å². The fourth-order valence-electron chi connectivity index (χ4n) is 7.54. The molecule has 1 aromatic heterocycles. The number of aromatic nitrogens is 2. The van der Waals surface area contributed by atoms with E-state index in [9.17, 15) is 22.8 Å². The molecule has 0 spiro atoms. The minimum atomic E-state index is -3.81. The van der Waals surface area contributed by atoms with E-state index in [-0.39, 0.29) is 47.8 Å². The molecule has 13 heteroatoms. The number of ether oxygens (including phenoxy) is 1. The van der Waals surface area contributed by atoms with Gasteiger partial charge in [0.15, 0.2) is 6.61 Å². The highest BCUT2D eigenvalue weighted by molar-refractivity contribution is 7.89. The highest BCUT2D eigenvalue weighted by Gasteiger charge is 2.37. The molecule has 0 radical (unpaired) electrons. The maximum atomic E-state index is 14.9. The van der Waals surface area contributed by atoms with Crippen molar-refractivity contribution >= 4 is 21.8 Å². The lowest BCUT2D eigenvalue weighted by atomic mass is 10.0. The van der Waals surface area contributed by atoms with Crippen LogP contribution in [-0.4, -0.2) is 102 Å². The van der Waals surface area contributed by atoms with Crippen LogP contribution in [0.3, 0.4) is 0 Å². The molecule has 1 unspecified atom stereocenters. The predicted molar refractivity (Wildman–Crippen MR) is 198 cm³/mol. The summed E-state index contributed by atoms with van der Waals surface area (Å²) >= 11 is 0. The van der Waals surface area contributed by atoms with E-state index in [1.807, 2.05) is 53.4 Å². The van der Waals surface area contributed by atoms with Crippen molar-refractivity contribution < 1.29 is 22.7 Å². The van der Waals surface area contributed by atoms with Crippen LogP contribution in [0.1, 0.15) is 54.2 Å². The Kier molecular flexibility index (Phi) is 10.9. The maximum absolute atomic E-state index is 14.9. The van der Waals surface area contributed by atoms with Gasteiger partial charge in [0.05, 0.1) is 23.2 Å². The number of piperidine rings is 2. The summed E-state index contributed by atoms with van der Waals surface area (Å²) in [6.07, 6.45) is 4.25. The number of nitrogens with zero attached hydrogens (tertiary/aromatic N) is 5. The fraction of sp³-hybridized carbons (Fsp3) is 0.410. The Hall–Kier alpha value is -4.72. The van der Waals surface area contributed by atoms with E-state index >= 15 is 0 Å². The number of amides is 2. The van der Waals surface area contributed by atoms with Crippen molar-refractivity contribution in [2.24, 2.45) is 0 Å². The standard InChI is InChI=1S/C39H46N6O6S/c46-35(41-21-8-3-9-22-41)29-51-33-16-10-12-30(26-33)27-44-37(38(47)42-24-19-40-20-25-42)36(31-13-4-1-5-14-31)45(39(44)48)32-15-11-23-43(28-32)52(49,50)34-17-6-2-7-18-34/h1-2,4-7,10,12-14,16-18,26,32,40H,3,8-9,11,15,19-25,27-29H2. The van der Waals surface area contributed by atoms with Crippen molar-refractivity contribution in [2.75, 3.05) is 59.0 Å². The maximum Gasteiger partial charge on any atom is 0.329 e. The molecule has 274 valence electrons. The normalized spacial score (nSPS) is 18.7. The zero-order chi connectivity index (χ0) is 36.1. The first-order valence-electron chi connectivity index (χ1n) is 18.3. The average molecular weight is 727 g/mol. The Morgan fingerprint density at radius 2 is 1.50 bits per heavy atom. The fourth-order valence-corrected chi connectivity index (χ4v) is 9.08. The van der Waals surface area contributed by atoms with Crippen molar-refractivity contribution in [2.45, 2.75) is 49.6 Å². The van der Waals surface area contributed by atoms with Gasteiger partial charge in [-0.3, -0.25) is 18.7 Å². The molecule has 3 aliphatic rings. The number of nitrogens with one attached hydrogen (secondary N) is 1.